The predicted octanol–water partition coefficient (Wildman–Crippen LogP) is 6.15. The Labute approximate surface area is 216 Å². The molecular formula is C25H21F6N5OS. The molecule has 1 atom stereocenters. The van der Waals surface area contributed by atoms with Crippen LogP contribution in [0, 0.1) is 0 Å². The molecule has 0 saturated carbocycles. The van der Waals surface area contributed by atoms with Crippen molar-refractivity contribution in [3.05, 3.63) is 69.7 Å². The average molecular weight is 554 g/mol. The zero-order chi connectivity index (χ0) is 27.2. The Bertz CT molecular complexity index is 1500. The average Bonchev–Trinajstić information content (AvgIpc) is 3.61. The molecular weight excluding hydrogens is 532 g/mol. The summed E-state index contributed by atoms with van der Waals surface area (Å²) >= 11 is 1.09. The van der Waals surface area contributed by atoms with Gasteiger partial charge in [-0.3, -0.25) is 5.10 Å². The van der Waals surface area contributed by atoms with Crippen LogP contribution in [0.5, 0.6) is 5.88 Å². The summed E-state index contributed by atoms with van der Waals surface area (Å²) in [5.41, 5.74) is -2.03. The third kappa shape index (κ3) is 5.07. The lowest BCUT2D eigenvalue weighted by Gasteiger charge is -2.22. The Kier molecular flexibility index (Phi) is 6.59. The van der Waals surface area contributed by atoms with Crippen LogP contribution in [0.15, 0.2) is 42.6 Å². The van der Waals surface area contributed by atoms with Crippen molar-refractivity contribution >= 4 is 39.0 Å². The van der Waals surface area contributed by atoms with E-state index in [1.54, 1.807) is 18.2 Å². The van der Waals surface area contributed by atoms with Gasteiger partial charge in [-0.1, -0.05) is 23.5 Å². The first kappa shape index (κ1) is 26.0. The van der Waals surface area contributed by atoms with Gasteiger partial charge in [0, 0.05) is 30.6 Å². The van der Waals surface area contributed by atoms with E-state index in [2.05, 4.69) is 20.5 Å². The molecule has 2 aromatic carbocycles. The molecule has 0 amide bonds. The number of fused-ring (bicyclic) bond motifs is 1. The first-order valence-electron chi connectivity index (χ1n) is 11.5. The highest BCUT2D eigenvalue weighted by Gasteiger charge is 2.38. The number of rotatable bonds is 5. The highest BCUT2D eigenvalue weighted by Crippen LogP contribution is 2.43. The molecule has 1 unspecified atom stereocenters. The highest BCUT2D eigenvalue weighted by molar-refractivity contribution is 7.17. The second kappa shape index (κ2) is 9.62. The number of thiazole rings is 1. The van der Waals surface area contributed by atoms with E-state index in [1.165, 1.54) is 6.20 Å². The molecule has 1 aliphatic heterocycles. The SMILES string of the molecule is CN(c1nc(O)c(C(=Cc2ccc(C(F)(F)F)cc2C(F)(F)F)c2ccc3[nH]ncc3c2)s1)C1CCNC1. The van der Waals surface area contributed by atoms with E-state index in [-0.39, 0.29) is 28.4 Å². The van der Waals surface area contributed by atoms with Gasteiger partial charge in [-0.25, -0.2) is 0 Å². The number of anilines is 1. The standard InChI is InChI=1S/C25H21F6N5OS/c1-36(17-6-7-32-12-17)23-34-22(37)21(38-23)18(13-3-5-20-15(8-13)11-33-35-20)9-14-2-4-16(24(26,27)28)10-19(14)25(29,30)31/h2-5,8-11,17,32,37H,6-7,12H2,1H3,(H,33,35). The molecule has 2 aromatic heterocycles. The van der Waals surface area contributed by atoms with Gasteiger partial charge in [-0.2, -0.15) is 36.4 Å². The fourth-order valence-electron chi connectivity index (χ4n) is 4.40. The number of likely N-dealkylation sites (N-methyl/N-ethyl adjacent to an activating group) is 1. The van der Waals surface area contributed by atoms with E-state index in [9.17, 15) is 31.4 Å². The number of nitrogens with one attached hydrogen (secondary N) is 2. The van der Waals surface area contributed by atoms with Gasteiger partial charge >= 0.3 is 12.4 Å². The lowest BCUT2D eigenvalue weighted by Crippen LogP contribution is -2.33. The van der Waals surface area contributed by atoms with E-state index < -0.39 is 29.0 Å². The molecule has 0 spiro atoms. The molecule has 4 aromatic rings. The van der Waals surface area contributed by atoms with E-state index in [4.69, 9.17) is 0 Å². The topological polar surface area (TPSA) is 77.1 Å². The zero-order valence-corrected chi connectivity index (χ0v) is 20.6. The Balaban J connectivity index is 1.69. The number of aromatic hydroxyl groups is 1. The van der Waals surface area contributed by atoms with Crippen LogP contribution in [-0.4, -0.2) is 46.5 Å². The zero-order valence-electron chi connectivity index (χ0n) is 19.8. The molecule has 0 bridgehead atoms. The molecule has 200 valence electrons. The van der Waals surface area contributed by atoms with Crippen LogP contribution in [0.2, 0.25) is 0 Å². The van der Waals surface area contributed by atoms with Crippen molar-refractivity contribution in [2.24, 2.45) is 0 Å². The quantitative estimate of drug-likeness (QED) is 0.204. The van der Waals surface area contributed by atoms with Gasteiger partial charge in [0.25, 0.3) is 0 Å². The Morgan fingerprint density at radius 3 is 2.58 bits per heavy atom. The van der Waals surface area contributed by atoms with Crippen LogP contribution in [0.1, 0.15) is 33.6 Å². The lowest BCUT2D eigenvalue weighted by atomic mass is 9.96. The molecule has 13 heteroatoms. The summed E-state index contributed by atoms with van der Waals surface area (Å²) in [4.78, 5) is 6.34. The van der Waals surface area contributed by atoms with Gasteiger partial charge in [0.05, 0.1) is 22.8 Å². The van der Waals surface area contributed by atoms with Crippen molar-refractivity contribution in [2.45, 2.75) is 24.8 Å². The minimum atomic E-state index is -5.05. The number of H-pyrrole nitrogens is 1. The summed E-state index contributed by atoms with van der Waals surface area (Å²) in [5, 5.41) is 21.9. The number of hydrogen-bond acceptors (Lipinski definition) is 6. The van der Waals surface area contributed by atoms with Crippen molar-refractivity contribution in [2.75, 3.05) is 25.0 Å². The van der Waals surface area contributed by atoms with Gasteiger partial charge in [-0.05, 0) is 54.4 Å². The number of aromatic amines is 1. The second-order valence-electron chi connectivity index (χ2n) is 8.93. The molecule has 1 aliphatic rings. The van der Waals surface area contributed by atoms with Crippen molar-refractivity contribution in [1.82, 2.24) is 20.5 Å². The van der Waals surface area contributed by atoms with Crippen molar-refractivity contribution in [3.8, 4) is 5.88 Å². The summed E-state index contributed by atoms with van der Waals surface area (Å²) < 4.78 is 81.4. The molecule has 6 nitrogen and oxygen atoms in total. The number of nitrogens with zero attached hydrogens (tertiary/aromatic N) is 3. The van der Waals surface area contributed by atoms with Gasteiger partial charge in [0.1, 0.15) is 4.88 Å². The van der Waals surface area contributed by atoms with Gasteiger partial charge in [0.2, 0.25) is 5.88 Å². The maximum atomic E-state index is 13.9. The fourth-order valence-corrected chi connectivity index (χ4v) is 5.43. The number of hydrogen-bond donors (Lipinski definition) is 3. The van der Waals surface area contributed by atoms with Crippen LogP contribution in [0.3, 0.4) is 0 Å². The first-order valence-corrected chi connectivity index (χ1v) is 12.3. The van der Waals surface area contributed by atoms with Gasteiger partial charge in [0.15, 0.2) is 5.13 Å². The molecule has 0 aliphatic carbocycles. The van der Waals surface area contributed by atoms with E-state index in [0.29, 0.717) is 34.2 Å². The molecule has 38 heavy (non-hydrogen) atoms. The Hall–Kier alpha value is -3.58. The summed E-state index contributed by atoms with van der Waals surface area (Å²) in [6, 6.07) is 6.60. The summed E-state index contributed by atoms with van der Waals surface area (Å²) in [6.45, 7) is 1.54. The second-order valence-corrected chi connectivity index (χ2v) is 9.91. The minimum Gasteiger partial charge on any atom is -0.492 e. The number of benzene rings is 2. The number of halogens is 6. The molecule has 0 radical (unpaired) electrons. The summed E-state index contributed by atoms with van der Waals surface area (Å²) in [6.07, 6.45) is -6.47. The van der Waals surface area contributed by atoms with Crippen molar-refractivity contribution in [3.63, 3.8) is 0 Å². The lowest BCUT2D eigenvalue weighted by molar-refractivity contribution is -0.143. The third-order valence-corrected chi connectivity index (χ3v) is 7.63. The highest BCUT2D eigenvalue weighted by atomic mass is 32.1. The third-order valence-electron chi connectivity index (χ3n) is 6.46. The minimum absolute atomic E-state index is 0.0988. The largest absolute Gasteiger partial charge is 0.492 e. The van der Waals surface area contributed by atoms with Crippen LogP contribution in [0.25, 0.3) is 22.6 Å². The molecule has 3 N–H and O–H groups in total. The van der Waals surface area contributed by atoms with Gasteiger partial charge < -0.3 is 15.3 Å². The number of aromatic nitrogens is 3. The monoisotopic (exact) mass is 553 g/mol. The first-order chi connectivity index (χ1) is 17.9. The molecule has 1 fully saturated rings. The summed E-state index contributed by atoms with van der Waals surface area (Å²) in [5.74, 6) is -0.387. The normalized spacial score (nSPS) is 16.9. The van der Waals surface area contributed by atoms with Gasteiger partial charge in [-0.15, -0.1) is 0 Å². The smallest absolute Gasteiger partial charge is 0.417 e. The Morgan fingerprint density at radius 1 is 1.11 bits per heavy atom. The van der Waals surface area contributed by atoms with Crippen LogP contribution in [-0.2, 0) is 12.4 Å². The molecule has 3 heterocycles. The molecule has 5 rings (SSSR count). The van der Waals surface area contributed by atoms with Crippen molar-refractivity contribution in [1.29, 1.82) is 0 Å². The summed E-state index contributed by atoms with van der Waals surface area (Å²) in [7, 11) is 1.82. The van der Waals surface area contributed by atoms with Crippen molar-refractivity contribution < 1.29 is 31.4 Å². The fraction of sp³-hybridized carbons (Fsp3) is 0.280. The number of alkyl halides is 6. The van der Waals surface area contributed by atoms with Crippen LogP contribution in [0.4, 0.5) is 31.5 Å². The van der Waals surface area contributed by atoms with E-state index >= 15 is 0 Å². The molecule has 1 saturated heterocycles. The van der Waals surface area contributed by atoms with E-state index in [0.717, 1.165) is 36.4 Å². The van der Waals surface area contributed by atoms with E-state index in [1.807, 2.05) is 11.9 Å². The maximum absolute atomic E-state index is 13.9. The predicted molar refractivity (Wildman–Crippen MR) is 133 cm³/mol. The van der Waals surface area contributed by atoms with Crippen LogP contribution >= 0.6 is 11.3 Å². The Morgan fingerprint density at radius 2 is 1.89 bits per heavy atom. The van der Waals surface area contributed by atoms with Crippen LogP contribution < -0.4 is 10.2 Å². The maximum Gasteiger partial charge on any atom is 0.417 e.